The second-order valence-corrected chi connectivity index (χ2v) is 5.31. The maximum Gasteiger partial charge on any atom is 0.328 e. The number of amides is 1. The minimum Gasteiger partial charge on any atom is -0.496 e. The summed E-state index contributed by atoms with van der Waals surface area (Å²) in [5, 5.41) is 2.21. The van der Waals surface area contributed by atoms with Crippen LogP contribution in [0.3, 0.4) is 0 Å². The lowest BCUT2D eigenvalue weighted by molar-refractivity contribution is -0.142. The number of carbonyl (C=O) groups excluding carboxylic acids is 2. The molecule has 138 valence electrons. The summed E-state index contributed by atoms with van der Waals surface area (Å²) in [6.07, 6.45) is -0.0349. The predicted molar refractivity (Wildman–Crippen MR) is 86.3 cm³/mol. The van der Waals surface area contributed by atoms with Gasteiger partial charge in [0.05, 0.1) is 14.2 Å². The molecule has 0 aromatic heterocycles. The number of benzene rings is 2. The van der Waals surface area contributed by atoms with Crippen LogP contribution in [0.15, 0.2) is 36.4 Å². The molecule has 0 bridgehead atoms. The minimum atomic E-state index is -1.37. The topological polar surface area (TPSA) is 64.6 Å². The van der Waals surface area contributed by atoms with Crippen LogP contribution in [0.4, 0.5) is 13.2 Å². The first-order valence-electron chi connectivity index (χ1n) is 7.52. The summed E-state index contributed by atoms with van der Waals surface area (Å²) in [5.74, 6) is -5.45. The first-order chi connectivity index (χ1) is 12.4. The molecule has 0 spiro atoms. The average molecular weight is 367 g/mol. The Hall–Kier alpha value is -3.03. The van der Waals surface area contributed by atoms with Gasteiger partial charge in [-0.2, -0.15) is 0 Å². The van der Waals surface area contributed by atoms with Crippen molar-refractivity contribution in [1.82, 2.24) is 5.32 Å². The summed E-state index contributed by atoms with van der Waals surface area (Å²) in [6, 6.07) is 6.28. The zero-order valence-electron chi connectivity index (χ0n) is 14.0. The standard InChI is InChI=1S/C18H16F3NO4/c1-25-15-6-4-3-5-10(15)7-14(18(24)26-2)22-17(23)16-12(20)8-11(19)9-13(16)21/h3-6,8-9,14H,7H2,1-2H3,(H,22,23)/t14-/m1/s1. The summed E-state index contributed by atoms with van der Waals surface area (Å²) in [4.78, 5) is 24.2. The van der Waals surface area contributed by atoms with E-state index in [0.717, 1.165) is 7.11 Å². The Balaban J connectivity index is 2.29. The fourth-order valence-electron chi connectivity index (χ4n) is 2.42. The molecule has 0 radical (unpaired) electrons. The molecule has 0 unspecified atom stereocenters. The maximum atomic E-state index is 13.8. The van der Waals surface area contributed by atoms with Gasteiger partial charge < -0.3 is 14.8 Å². The Morgan fingerprint density at radius 3 is 2.27 bits per heavy atom. The molecule has 1 N–H and O–H groups in total. The van der Waals surface area contributed by atoms with E-state index in [4.69, 9.17) is 4.74 Å². The number of para-hydroxylation sites is 1. The molecule has 0 fully saturated rings. The van der Waals surface area contributed by atoms with Gasteiger partial charge in [0.1, 0.15) is 34.8 Å². The molecule has 0 aliphatic rings. The first-order valence-corrected chi connectivity index (χ1v) is 7.52. The van der Waals surface area contributed by atoms with Gasteiger partial charge in [-0.1, -0.05) is 18.2 Å². The number of methoxy groups -OCH3 is 2. The molecule has 2 aromatic carbocycles. The van der Waals surface area contributed by atoms with E-state index in [-0.39, 0.29) is 6.42 Å². The molecule has 2 aromatic rings. The zero-order valence-corrected chi connectivity index (χ0v) is 14.0. The Morgan fingerprint density at radius 2 is 1.69 bits per heavy atom. The Morgan fingerprint density at radius 1 is 1.08 bits per heavy atom. The Bertz CT molecular complexity index is 803. The third kappa shape index (κ3) is 4.33. The van der Waals surface area contributed by atoms with Crippen molar-refractivity contribution < 1.29 is 32.2 Å². The van der Waals surface area contributed by atoms with E-state index in [1.54, 1.807) is 24.3 Å². The highest BCUT2D eigenvalue weighted by Gasteiger charge is 2.27. The number of carbonyl (C=O) groups is 2. The molecule has 0 aliphatic heterocycles. The van der Waals surface area contributed by atoms with Crippen LogP contribution in [-0.2, 0) is 16.0 Å². The fraction of sp³-hybridized carbons (Fsp3) is 0.222. The number of nitrogens with one attached hydrogen (secondary N) is 1. The highest BCUT2D eigenvalue weighted by atomic mass is 19.1. The lowest BCUT2D eigenvalue weighted by Crippen LogP contribution is -2.43. The number of hydrogen-bond donors (Lipinski definition) is 1. The van der Waals surface area contributed by atoms with Crippen molar-refractivity contribution in [3.8, 4) is 5.75 Å². The lowest BCUT2D eigenvalue weighted by atomic mass is 10.0. The lowest BCUT2D eigenvalue weighted by Gasteiger charge is -2.18. The van der Waals surface area contributed by atoms with Crippen molar-refractivity contribution in [2.75, 3.05) is 14.2 Å². The molecule has 0 saturated carbocycles. The minimum absolute atomic E-state index is 0.0349. The fourth-order valence-corrected chi connectivity index (χ4v) is 2.42. The Kier molecular flexibility index (Phi) is 6.21. The second kappa shape index (κ2) is 8.37. The van der Waals surface area contributed by atoms with Gasteiger partial charge in [0, 0.05) is 18.6 Å². The second-order valence-electron chi connectivity index (χ2n) is 5.31. The number of rotatable bonds is 6. The van der Waals surface area contributed by atoms with Crippen molar-refractivity contribution in [3.63, 3.8) is 0 Å². The van der Waals surface area contributed by atoms with Crippen LogP contribution in [0.25, 0.3) is 0 Å². The van der Waals surface area contributed by atoms with Gasteiger partial charge in [0.2, 0.25) is 0 Å². The van der Waals surface area contributed by atoms with Crippen molar-refractivity contribution in [1.29, 1.82) is 0 Å². The van der Waals surface area contributed by atoms with Crippen LogP contribution < -0.4 is 10.1 Å². The largest absolute Gasteiger partial charge is 0.496 e. The van der Waals surface area contributed by atoms with Gasteiger partial charge in [-0.25, -0.2) is 18.0 Å². The van der Waals surface area contributed by atoms with E-state index in [1.807, 2.05) is 0 Å². The van der Waals surface area contributed by atoms with E-state index in [1.165, 1.54) is 7.11 Å². The highest BCUT2D eigenvalue weighted by molar-refractivity contribution is 5.97. The number of esters is 1. The third-order valence-electron chi connectivity index (χ3n) is 3.64. The summed E-state index contributed by atoms with van der Waals surface area (Å²) in [5.41, 5.74) is -0.411. The monoisotopic (exact) mass is 367 g/mol. The molecule has 8 heteroatoms. The van der Waals surface area contributed by atoms with Crippen LogP contribution in [0, 0.1) is 17.5 Å². The molecule has 1 atom stereocenters. The van der Waals surface area contributed by atoms with E-state index >= 15 is 0 Å². The highest BCUT2D eigenvalue weighted by Crippen LogP contribution is 2.20. The summed E-state index contributed by atoms with van der Waals surface area (Å²) in [6.45, 7) is 0. The van der Waals surface area contributed by atoms with Crippen LogP contribution in [-0.4, -0.2) is 32.1 Å². The molecular weight excluding hydrogens is 351 g/mol. The van der Waals surface area contributed by atoms with Crippen LogP contribution in [0.5, 0.6) is 5.75 Å². The van der Waals surface area contributed by atoms with E-state index < -0.39 is 40.9 Å². The van der Waals surface area contributed by atoms with Crippen molar-refractivity contribution >= 4 is 11.9 Å². The number of hydrogen-bond acceptors (Lipinski definition) is 4. The Labute approximate surface area is 147 Å². The zero-order chi connectivity index (χ0) is 19.3. The number of halogens is 3. The first kappa shape index (κ1) is 19.3. The van der Waals surface area contributed by atoms with Gasteiger partial charge in [-0.15, -0.1) is 0 Å². The molecule has 0 heterocycles. The molecular formula is C18H16F3NO4. The molecule has 2 rings (SSSR count). The van der Waals surface area contributed by atoms with Crippen LogP contribution in [0.2, 0.25) is 0 Å². The summed E-state index contributed by atoms with van der Waals surface area (Å²) >= 11 is 0. The van der Waals surface area contributed by atoms with Gasteiger partial charge in [0.25, 0.3) is 5.91 Å². The van der Waals surface area contributed by atoms with Crippen LogP contribution in [0.1, 0.15) is 15.9 Å². The third-order valence-corrected chi connectivity index (χ3v) is 3.64. The predicted octanol–water partition coefficient (Wildman–Crippen LogP) is 2.63. The van der Waals surface area contributed by atoms with E-state index in [0.29, 0.717) is 23.4 Å². The molecule has 0 aliphatic carbocycles. The van der Waals surface area contributed by atoms with Crippen molar-refractivity contribution in [2.24, 2.45) is 0 Å². The molecule has 1 amide bonds. The van der Waals surface area contributed by atoms with Crippen molar-refractivity contribution in [3.05, 3.63) is 65.0 Å². The smallest absolute Gasteiger partial charge is 0.328 e. The molecule has 26 heavy (non-hydrogen) atoms. The van der Waals surface area contributed by atoms with Gasteiger partial charge in [-0.05, 0) is 11.6 Å². The van der Waals surface area contributed by atoms with E-state index in [9.17, 15) is 22.8 Å². The normalized spacial score (nSPS) is 11.6. The van der Waals surface area contributed by atoms with Crippen LogP contribution >= 0.6 is 0 Å². The summed E-state index contributed by atoms with van der Waals surface area (Å²) in [7, 11) is 2.55. The molecule has 0 saturated heterocycles. The quantitative estimate of drug-likeness (QED) is 0.798. The van der Waals surface area contributed by atoms with Gasteiger partial charge >= 0.3 is 5.97 Å². The number of ether oxygens (including phenoxy) is 2. The van der Waals surface area contributed by atoms with Crippen molar-refractivity contribution in [2.45, 2.75) is 12.5 Å². The maximum absolute atomic E-state index is 13.8. The molecule has 5 nitrogen and oxygen atoms in total. The summed E-state index contributed by atoms with van der Waals surface area (Å²) < 4.78 is 50.3. The SMILES string of the molecule is COC(=O)[C@@H](Cc1ccccc1OC)NC(=O)c1c(F)cc(F)cc1F. The van der Waals surface area contributed by atoms with Gasteiger partial charge in [-0.3, -0.25) is 4.79 Å². The average Bonchev–Trinajstić information content (AvgIpc) is 2.60. The van der Waals surface area contributed by atoms with Gasteiger partial charge in [0.15, 0.2) is 0 Å². The van der Waals surface area contributed by atoms with E-state index in [2.05, 4.69) is 10.1 Å².